The van der Waals surface area contributed by atoms with Gasteiger partial charge in [0.15, 0.2) is 9.84 Å². The second kappa shape index (κ2) is 7.07. The topological polar surface area (TPSA) is 46.2 Å². The molecule has 1 N–H and O–H groups in total. The zero-order valence-corrected chi connectivity index (χ0v) is 13.7. The maximum absolute atomic E-state index is 13.1. The predicted octanol–water partition coefficient (Wildman–Crippen LogP) is 2.97. The molecule has 2 unspecified atom stereocenters. The number of nitrogens with one attached hydrogen (secondary N) is 1. The van der Waals surface area contributed by atoms with E-state index in [1.54, 1.807) is 6.07 Å². The molecule has 2 rings (SSSR count). The van der Waals surface area contributed by atoms with Crippen LogP contribution in [0.3, 0.4) is 0 Å². The minimum Gasteiger partial charge on any atom is -0.313 e. The summed E-state index contributed by atoms with van der Waals surface area (Å²) in [6.07, 6.45) is 2.85. The van der Waals surface area contributed by atoms with Crippen molar-refractivity contribution in [1.29, 1.82) is 0 Å². The highest BCUT2D eigenvalue weighted by molar-refractivity contribution is 7.92. The van der Waals surface area contributed by atoms with Crippen molar-refractivity contribution in [2.45, 2.75) is 43.9 Å². The highest BCUT2D eigenvalue weighted by Crippen LogP contribution is 2.26. The number of hydrogen-bond acceptors (Lipinski definition) is 3. The summed E-state index contributed by atoms with van der Waals surface area (Å²) in [6, 6.07) is 4.09. The predicted molar refractivity (Wildman–Crippen MR) is 84.0 cm³/mol. The van der Waals surface area contributed by atoms with Crippen molar-refractivity contribution in [3.8, 4) is 0 Å². The zero-order chi connectivity index (χ0) is 15.5. The minimum atomic E-state index is -3.07. The summed E-state index contributed by atoms with van der Waals surface area (Å²) < 4.78 is 37.7. The van der Waals surface area contributed by atoms with E-state index < -0.39 is 9.84 Å². The van der Waals surface area contributed by atoms with Crippen LogP contribution in [0.15, 0.2) is 18.2 Å². The van der Waals surface area contributed by atoms with Gasteiger partial charge in [0.2, 0.25) is 0 Å². The van der Waals surface area contributed by atoms with E-state index in [1.807, 2.05) is 6.92 Å². The second-order valence-corrected chi connectivity index (χ2v) is 8.25. The first-order chi connectivity index (χ1) is 9.94. The van der Waals surface area contributed by atoms with Crippen LogP contribution < -0.4 is 5.32 Å². The SMILES string of the molecule is CCNC(Cc1ccc(F)cc1Cl)C1CCCCS1(=O)=O. The summed E-state index contributed by atoms with van der Waals surface area (Å²) in [7, 11) is -3.07. The normalized spacial score (nSPS) is 22.9. The van der Waals surface area contributed by atoms with E-state index in [0.29, 0.717) is 24.4 Å². The third-order valence-electron chi connectivity index (χ3n) is 4.00. The van der Waals surface area contributed by atoms with Gasteiger partial charge in [0.1, 0.15) is 5.82 Å². The Labute approximate surface area is 130 Å². The number of likely N-dealkylation sites (N-methyl/N-ethyl adjacent to an activating group) is 1. The summed E-state index contributed by atoms with van der Waals surface area (Å²) in [5.74, 6) is -0.120. The van der Waals surface area contributed by atoms with Crippen LogP contribution in [-0.2, 0) is 16.3 Å². The Bertz CT molecular complexity index is 591. The molecule has 3 nitrogen and oxygen atoms in total. The monoisotopic (exact) mass is 333 g/mol. The number of sulfone groups is 1. The largest absolute Gasteiger partial charge is 0.313 e. The molecule has 0 spiro atoms. The van der Waals surface area contributed by atoms with Crippen molar-refractivity contribution in [3.05, 3.63) is 34.6 Å². The Kier molecular flexibility index (Phi) is 5.63. The molecule has 0 aliphatic carbocycles. The molecule has 118 valence electrons. The fraction of sp³-hybridized carbons (Fsp3) is 0.600. The third-order valence-corrected chi connectivity index (χ3v) is 6.70. The van der Waals surface area contributed by atoms with Gasteiger partial charge in [-0.3, -0.25) is 0 Å². The lowest BCUT2D eigenvalue weighted by atomic mass is 9.99. The van der Waals surface area contributed by atoms with Gasteiger partial charge in [-0.25, -0.2) is 12.8 Å². The van der Waals surface area contributed by atoms with Crippen molar-refractivity contribution in [2.75, 3.05) is 12.3 Å². The summed E-state index contributed by atoms with van der Waals surface area (Å²) in [6.45, 7) is 2.64. The van der Waals surface area contributed by atoms with Crippen LogP contribution in [0.25, 0.3) is 0 Å². The van der Waals surface area contributed by atoms with Crippen LogP contribution >= 0.6 is 11.6 Å². The molecule has 0 radical (unpaired) electrons. The van der Waals surface area contributed by atoms with Crippen LogP contribution in [0, 0.1) is 5.82 Å². The first-order valence-corrected chi connectivity index (χ1v) is 9.42. The maximum atomic E-state index is 13.1. The summed E-state index contributed by atoms with van der Waals surface area (Å²) in [5, 5.41) is 3.24. The Morgan fingerprint density at radius 2 is 2.19 bits per heavy atom. The average Bonchev–Trinajstić information content (AvgIpc) is 2.41. The molecule has 1 saturated heterocycles. The maximum Gasteiger partial charge on any atom is 0.154 e. The smallest absolute Gasteiger partial charge is 0.154 e. The fourth-order valence-electron chi connectivity index (χ4n) is 2.95. The van der Waals surface area contributed by atoms with Gasteiger partial charge in [0.25, 0.3) is 0 Å². The quantitative estimate of drug-likeness (QED) is 0.901. The lowest BCUT2D eigenvalue weighted by Gasteiger charge is -2.31. The Morgan fingerprint density at radius 3 is 2.81 bits per heavy atom. The Balaban J connectivity index is 2.22. The molecule has 21 heavy (non-hydrogen) atoms. The van der Waals surface area contributed by atoms with Crippen molar-refractivity contribution >= 4 is 21.4 Å². The molecule has 1 aliphatic rings. The van der Waals surface area contributed by atoms with Crippen molar-refractivity contribution in [3.63, 3.8) is 0 Å². The first-order valence-electron chi connectivity index (χ1n) is 7.33. The summed E-state index contributed by atoms with van der Waals surface area (Å²) >= 11 is 6.07. The molecule has 1 aromatic rings. The average molecular weight is 334 g/mol. The first kappa shape index (κ1) is 16.7. The third kappa shape index (κ3) is 4.18. The van der Waals surface area contributed by atoms with E-state index in [4.69, 9.17) is 11.6 Å². The van der Waals surface area contributed by atoms with Crippen LogP contribution in [0.5, 0.6) is 0 Å². The van der Waals surface area contributed by atoms with Gasteiger partial charge in [0.05, 0.1) is 11.0 Å². The molecule has 2 atom stereocenters. The van der Waals surface area contributed by atoms with Crippen LogP contribution in [0.4, 0.5) is 4.39 Å². The molecule has 0 aromatic heterocycles. The van der Waals surface area contributed by atoms with E-state index in [-0.39, 0.29) is 22.9 Å². The molecule has 1 fully saturated rings. The summed E-state index contributed by atoms with van der Waals surface area (Å²) in [4.78, 5) is 0. The lowest BCUT2D eigenvalue weighted by molar-refractivity contribution is 0.441. The van der Waals surface area contributed by atoms with Crippen molar-refractivity contribution in [2.24, 2.45) is 0 Å². The van der Waals surface area contributed by atoms with Gasteiger partial charge >= 0.3 is 0 Å². The van der Waals surface area contributed by atoms with E-state index in [2.05, 4.69) is 5.32 Å². The van der Waals surface area contributed by atoms with E-state index in [9.17, 15) is 12.8 Å². The van der Waals surface area contributed by atoms with Crippen LogP contribution in [0.2, 0.25) is 5.02 Å². The van der Waals surface area contributed by atoms with Gasteiger partial charge in [-0.15, -0.1) is 0 Å². The lowest BCUT2D eigenvalue weighted by Crippen LogP contribution is -2.47. The number of halogens is 2. The molecule has 6 heteroatoms. The Morgan fingerprint density at radius 1 is 1.43 bits per heavy atom. The zero-order valence-electron chi connectivity index (χ0n) is 12.1. The highest BCUT2D eigenvalue weighted by Gasteiger charge is 2.35. The number of rotatable bonds is 5. The number of benzene rings is 1. The molecule has 0 saturated carbocycles. The molecule has 0 bridgehead atoms. The minimum absolute atomic E-state index is 0.178. The molecular formula is C15H21ClFNO2S. The summed E-state index contributed by atoms with van der Waals surface area (Å²) in [5.41, 5.74) is 0.782. The van der Waals surface area contributed by atoms with E-state index in [0.717, 1.165) is 18.4 Å². The van der Waals surface area contributed by atoms with Crippen molar-refractivity contribution < 1.29 is 12.8 Å². The number of hydrogen-bond donors (Lipinski definition) is 1. The van der Waals surface area contributed by atoms with Gasteiger partial charge in [0, 0.05) is 11.1 Å². The molecule has 1 aromatic carbocycles. The van der Waals surface area contributed by atoms with Gasteiger partial charge < -0.3 is 5.32 Å². The van der Waals surface area contributed by atoms with Crippen molar-refractivity contribution in [1.82, 2.24) is 5.32 Å². The van der Waals surface area contributed by atoms with E-state index in [1.165, 1.54) is 12.1 Å². The van der Waals surface area contributed by atoms with Crippen LogP contribution in [-0.4, -0.2) is 32.0 Å². The van der Waals surface area contributed by atoms with Gasteiger partial charge in [-0.05, 0) is 43.5 Å². The standard InChI is InChI=1S/C15H21ClFNO2S/c1-2-18-14(15-5-3-4-8-21(15,19)20)9-11-6-7-12(17)10-13(11)16/h6-7,10,14-15,18H,2-5,8-9H2,1H3. The molecule has 0 amide bonds. The Hall–Kier alpha value is -0.650. The molecule has 1 aliphatic heterocycles. The molecular weight excluding hydrogens is 313 g/mol. The van der Waals surface area contributed by atoms with Gasteiger partial charge in [-0.1, -0.05) is 31.0 Å². The fourth-order valence-corrected chi connectivity index (χ4v) is 5.32. The highest BCUT2D eigenvalue weighted by atomic mass is 35.5. The van der Waals surface area contributed by atoms with Gasteiger partial charge in [-0.2, -0.15) is 0 Å². The molecule has 1 heterocycles. The van der Waals surface area contributed by atoms with Crippen LogP contribution in [0.1, 0.15) is 31.7 Å². The van der Waals surface area contributed by atoms with E-state index >= 15 is 0 Å². The second-order valence-electron chi connectivity index (χ2n) is 5.51.